The maximum atomic E-state index is 14.0. The smallest absolute Gasteiger partial charge is 0.258 e. The van der Waals surface area contributed by atoms with Crippen LogP contribution in [0, 0.1) is 11.2 Å². The van der Waals surface area contributed by atoms with Gasteiger partial charge in [-0.1, -0.05) is 0 Å². The summed E-state index contributed by atoms with van der Waals surface area (Å²) in [6.07, 6.45) is 5.69. The molecule has 1 fully saturated rings. The van der Waals surface area contributed by atoms with Crippen molar-refractivity contribution in [2.24, 2.45) is 10.7 Å². The number of halogens is 1. The maximum Gasteiger partial charge on any atom is 0.258 e. The second kappa shape index (κ2) is 7.94. The van der Waals surface area contributed by atoms with E-state index in [1.54, 1.807) is 18.4 Å². The molecule has 1 aromatic carbocycles. The number of benzene rings is 1. The number of rotatable bonds is 1. The van der Waals surface area contributed by atoms with Crippen molar-refractivity contribution >= 4 is 18.0 Å². The number of fused-ring (bicyclic) bond motifs is 6. The van der Waals surface area contributed by atoms with Crippen molar-refractivity contribution in [3.63, 3.8) is 0 Å². The van der Waals surface area contributed by atoms with E-state index in [4.69, 9.17) is 15.9 Å². The van der Waals surface area contributed by atoms with Crippen LogP contribution in [0.15, 0.2) is 46.5 Å². The Bertz CT molecular complexity index is 939. The molecule has 1 saturated heterocycles. The SMILES string of the molecule is N=C(N)/C1=C2\N=CC=C(N2)N2CCC[C@@H]2c2cc(F)ccc2OCCCNC1=O. The van der Waals surface area contributed by atoms with Gasteiger partial charge in [0.2, 0.25) is 0 Å². The molecular weight excluding hydrogens is 375 g/mol. The summed E-state index contributed by atoms with van der Waals surface area (Å²) in [5, 5.41) is 13.7. The van der Waals surface area contributed by atoms with Crippen LogP contribution in [-0.2, 0) is 4.79 Å². The van der Waals surface area contributed by atoms with E-state index < -0.39 is 5.91 Å². The molecule has 152 valence electrons. The summed E-state index contributed by atoms with van der Waals surface area (Å²) >= 11 is 0. The third-order valence-corrected chi connectivity index (χ3v) is 5.17. The van der Waals surface area contributed by atoms with Crippen molar-refractivity contribution in [1.29, 1.82) is 5.41 Å². The Morgan fingerprint density at radius 3 is 3.07 bits per heavy atom. The number of aliphatic imine (C=N–C) groups is 1. The maximum absolute atomic E-state index is 14.0. The fraction of sp³-hybridized carbons (Fsp3) is 0.350. The Morgan fingerprint density at radius 1 is 1.38 bits per heavy atom. The van der Waals surface area contributed by atoms with E-state index in [-0.39, 0.29) is 29.1 Å². The molecular formula is C20H23FN6O2. The van der Waals surface area contributed by atoms with E-state index in [0.29, 0.717) is 25.3 Å². The zero-order valence-electron chi connectivity index (χ0n) is 15.9. The van der Waals surface area contributed by atoms with Gasteiger partial charge in [-0.2, -0.15) is 0 Å². The van der Waals surface area contributed by atoms with Gasteiger partial charge in [-0.15, -0.1) is 0 Å². The number of hydrogen-bond acceptors (Lipinski definition) is 6. The van der Waals surface area contributed by atoms with Crippen LogP contribution in [0.25, 0.3) is 0 Å². The van der Waals surface area contributed by atoms with Gasteiger partial charge in [-0.05, 0) is 43.5 Å². The number of carbonyl (C=O) groups is 1. The Labute approximate surface area is 167 Å². The molecule has 29 heavy (non-hydrogen) atoms. The summed E-state index contributed by atoms with van der Waals surface area (Å²) in [4.78, 5) is 18.9. The summed E-state index contributed by atoms with van der Waals surface area (Å²) < 4.78 is 20.0. The number of carbonyl (C=O) groups excluding carboxylic acids is 1. The minimum absolute atomic E-state index is 0.00739. The molecule has 5 N–H and O–H groups in total. The number of amides is 1. The summed E-state index contributed by atoms with van der Waals surface area (Å²) in [6, 6.07) is 4.51. The fourth-order valence-corrected chi connectivity index (χ4v) is 3.86. The summed E-state index contributed by atoms with van der Waals surface area (Å²) in [5.41, 5.74) is 6.46. The lowest BCUT2D eigenvalue weighted by atomic mass is 10.0. The Morgan fingerprint density at radius 2 is 2.24 bits per heavy atom. The first-order valence-electron chi connectivity index (χ1n) is 9.61. The molecule has 1 atom stereocenters. The highest BCUT2D eigenvalue weighted by atomic mass is 19.1. The van der Waals surface area contributed by atoms with E-state index in [1.807, 2.05) is 0 Å². The van der Waals surface area contributed by atoms with Crippen molar-refractivity contribution < 1.29 is 13.9 Å². The molecule has 3 aliphatic rings. The molecule has 3 aliphatic heterocycles. The lowest BCUT2D eigenvalue weighted by molar-refractivity contribution is -0.117. The van der Waals surface area contributed by atoms with Gasteiger partial charge in [-0.3, -0.25) is 10.2 Å². The first-order valence-corrected chi connectivity index (χ1v) is 9.61. The zero-order chi connectivity index (χ0) is 20.4. The minimum atomic E-state index is -0.462. The van der Waals surface area contributed by atoms with Crippen molar-refractivity contribution in [1.82, 2.24) is 15.5 Å². The van der Waals surface area contributed by atoms with E-state index in [1.165, 1.54) is 12.1 Å². The van der Waals surface area contributed by atoms with Crippen LogP contribution >= 0.6 is 0 Å². The molecule has 1 amide bonds. The van der Waals surface area contributed by atoms with E-state index in [0.717, 1.165) is 30.8 Å². The number of nitrogens with zero attached hydrogens (tertiary/aromatic N) is 2. The highest BCUT2D eigenvalue weighted by molar-refractivity contribution is 6.19. The average molecular weight is 398 g/mol. The molecule has 0 radical (unpaired) electrons. The second-order valence-corrected chi connectivity index (χ2v) is 7.08. The molecule has 0 spiro atoms. The lowest BCUT2D eigenvalue weighted by Gasteiger charge is -2.32. The second-order valence-electron chi connectivity index (χ2n) is 7.08. The zero-order valence-corrected chi connectivity index (χ0v) is 15.9. The van der Waals surface area contributed by atoms with Gasteiger partial charge in [0.15, 0.2) is 0 Å². The predicted octanol–water partition coefficient (Wildman–Crippen LogP) is 1.52. The van der Waals surface area contributed by atoms with Crippen molar-refractivity contribution in [2.75, 3.05) is 19.7 Å². The molecule has 3 heterocycles. The van der Waals surface area contributed by atoms with E-state index in [2.05, 4.69) is 20.5 Å². The number of ether oxygens (including phenoxy) is 1. The summed E-state index contributed by atoms with van der Waals surface area (Å²) in [7, 11) is 0. The van der Waals surface area contributed by atoms with Crippen LogP contribution in [0.5, 0.6) is 5.75 Å². The molecule has 4 rings (SSSR count). The van der Waals surface area contributed by atoms with Crippen LogP contribution < -0.4 is 21.1 Å². The topological polar surface area (TPSA) is 116 Å². The number of nitrogens with one attached hydrogen (secondary N) is 3. The largest absolute Gasteiger partial charge is 0.493 e. The first-order chi connectivity index (χ1) is 14.0. The molecule has 9 heteroatoms. The van der Waals surface area contributed by atoms with Crippen molar-refractivity contribution in [2.45, 2.75) is 25.3 Å². The van der Waals surface area contributed by atoms with Gasteiger partial charge < -0.3 is 26.0 Å². The van der Waals surface area contributed by atoms with Gasteiger partial charge in [-0.25, -0.2) is 9.38 Å². The van der Waals surface area contributed by atoms with Gasteiger partial charge in [0, 0.05) is 24.9 Å². The average Bonchev–Trinajstić information content (AvgIpc) is 3.18. The summed E-state index contributed by atoms with van der Waals surface area (Å²) in [6.45, 7) is 1.47. The van der Waals surface area contributed by atoms with E-state index in [9.17, 15) is 9.18 Å². The Hall–Kier alpha value is -3.36. The molecule has 8 nitrogen and oxygen atoms in total. The quantitative estimate of drug-likeness (QED) is 0.423. The number of allylic oxidation sites excluding steroid dienone is 1. The Kier molecular flexibility index (Phi) is 5.20. The molecule has 0 aromatic heterocycles. The predicted molar refractivity (Wildman–Crippen MR) is 107 cm³/mol. The van der Waals surface area contributed by atoms with Crippen LogP contribution in [0.3, 0.4) is 0 Å². The van der Waals surface area contributed by atoms with Crippen LogP contribution in [0.2, 0.25) is 0 Å². The first kappa shape index (κ1) is 19.0. The molecule has 0 saturated carbocycles. The normalized spacial score (nSPS) is 24.3. The highest BCUT2D eigenvalue weighted by Crippen LogP contribution is 2.39. The van der Waals surface area contributed by atoms with Crippen LogP contribution in [-0.4, -0.2) is 42.6 Å². The number of amidine groups is 1. The van der Waals surface area contributed by atoms with Crippen molar-refractivity contribution in [3.05, 3.63) is 52.9 Å². The number of nitrogens with two attached hydrogens (primary N) is 1. The third-order valence-electron chi connectivity index (χ3n) is 5.17. The Balaban J connectivity index is 1.77. The van der Waals surface area contributed by atoms with E-state index >= 15 is 0 Å². The standard InChI is InChI=1S/C20H23FN6O2/c21-12-4-5-15-13(11-12)14-3-1-9-27(14)16-6-8-24-19(26-16)17(18(22)23)20(28)25-7-2-10-29-15/h4-6,8,11,14,26H,1-3,7,9-10H2,(H3,22,23)(H,25,28)/b19-17-/t14-/m1/s1. The third kappa shape index (κ3) is 3.80. The molecule has 0 aliphatic carbocycles. The molecule has 2 bridgehead atoms. The minimum Gasteiger partial charge on any atom is -0.493 e. The van der Waals surface area contributed by atoms with Gasteiger partial charge in [0.1, 0.15) is 34.6 Å². The lowest BCUT2D eigenvalue weighted by Crippen LogP contribution is -2.38. The van der Waals surface area contributed by atoms with Crippen LogP contribution in [0.4, 0.5) is 4.39 Å². The van der Waals surface area contributed by atoms with Gasteiger partial charge >= 0.3 is 0 Å². The molecule has 1 aromatic rings. The summed E-state index contributed by atoms with van der Waals surface area (Å²) in [5.74, 6) is 0.464. The van der Waals surface area contributed by atoms with Gasteiger partial charge in [0.25, 0.3) is 5.91 Å². The van der Waals surface area contributed by atoms with Gasteiger partial charge in [0.05, 0.1) is 12.6 Å². The van der Waals surface area contributed by atoms with Crippen LogP contribution in [0.1, 0.15) is 30.9 Å². The molecule has 0 unspecified atom stereocenters. The monoisotopic (exact) mass is 398 g/mol. The number of hydrogen-bond donors (Lipinski definition) is 4. The van der Waals surface area contributed by atoms with Crippen molar-refractivity contribution in [3.8, 4) is 5.75 Å². The highest BCUT2D eigenvalue weighted by Gasteiger charge is 2.32. The fourth-order valence-electron chi connectivity index (χ4n) is 3.86.